The van der Waals surface area contributed by atoms with Crippen molar-refractivity contribution in [3.8, 4) is 0 Å². The summed E-state index contributed by atoms with van der Waals surface area (Å²) in [6.45, 7) is -0.339. The zero-order chi connectivity index (χ0) is 15.6. The number of carbonyl (C=O) groups excluding carboxylic acids is 1. The van der Waals surface area contributed by atoms with Crippen LogP contribution in [0, 0.1) is 5.82 Å². The molecule has 1 fully saturated rings. The van der Waals surface area contributed by atoms with Gasteiger partial charge in [0.25, 0.3) is 5.91 Å². The van der Waals surface area contributed by atoms with Gasteiger partial charge >= 0.3 is 0 Å². The third-order valence-electron chi connectivity index (χ3n) is 3.43. The second-order valence-electron chi connectivity index (χ2n) is 4.88. The minimum Gasteiger partial charge on any atom is -0.395 e. The number of halogens is 2. The van der Waals surface area contributed by atoms with E-state index in [1.54, 1.807) is 6.07 Å². The fourth-order valence-electron chi connectivity index (χ4n) is 2.42. The number of sulfone groups is 1. The second-order valence-corrected chi connectivity index (χ2v) is 7.96. The Morgan fingerprint density at radius 3 is 2.71 bits per heavy atom. The van der Waals surface area contributed by atoms with Crippen LogP contribution in [0.4, 0.5) is 4.39 Å². The highest BCUT2D eigenvalue weighted by molar-refractivity contribution is 9.10. The third-order valence-corrected chi connectivity index (χ3v) is 5.84. The van der Waals surface area contributed by atoms with Gasteiger partial charge in [0.05, 0.1) is 23.7 Å². The zero-order valence-corrected chi connectivity index (χ0v) is 13.5. The number of aliphatic hydroxyl groups is 1. The molecule has 0 aliphatic carbocycles. The zero-order valence-electron chi connectivity index (χ0n) is 11.1. The van der Waals surface area contributed by atoms with Crippen molar-refractivity contribution in [1.29, 1.82) is 0 Å². The van der Waals surface area contributed by atoms with Crippen molar-refractivity contribution >= 4 is 31.7 Å². The van der Waals surface area contributed by atoms with Gasteiger partial charge in [-0.1, -0.05) is 6.07 Å². The number of hydrogen-bond donors (Lipinski definition) is 1. The van der Waals surface area contributed by atoms with Crippen molar-refractivity contribution in [2.75, 3.05) is 24.7 Å². The van der Waals surface area contributed by atoms with Crippen LogP contribution in [0.15, 0.2) is 22.7 Å². The minimum atomic E-state index is -3.18. The molecule has 1 saturated heterocycles. The molecule has 1 aliphatic rings. The third kappa shape index (κ3) is 3.61. The van der Waals surface area contributed by atoms with E-state index in [1.807, 2.05) is 0 Å². The molecule has 1 aliphatic heterocycles. The van der Waals surface area contributed by atoms with Crippen LogP contribution in [0.5, 0.6) is 0 Å². The lowest BCUT2D eigenvalue weighted by Crippen LogP contribution is -2.43. The molecule has 1 unspecified atom stereocenters. The van der Waals surface area contributed by atoms with E-state index >= 15 is 0 Å². The number of rotatable bonds is 4. The maximum Gasteiger partial charge on any atom is 0.258 e. The highest BCUT2D eigenvalue weighted by Crippen LogP contribution is 2.25. The molecule has 0 radical (unpaired) electrons. The first-order valence-electron chi connectivity index (χ1n) is 6.42. The van der Waals surface area contributed by atoms with Crippen LogP contribution in [0.2, 0.25) is 0 Å². The quantitative estimate of drug-likeness (QED) is 0.852. The number of carbonyl (C=O) groups is 1. The van der Waals surface area contributed by atoms with Gasteiger partial charge in [-0.25, -0.2) is 12.8 Å². The van der Waals surface area contributed by atoms with Crippen molar-refractivity contribution in [3.05, 3.63) is 34.1 Å². The first-order valence-corrected chi connectivity index (χ1v) is 9.03. The molecule has 21 heavy (non-hydrogen) atoms. The summed E-state index contributed by atoms with van der Waals surface area (Å²) in [5.74, 6) is -1.44. The van der Waals surface area contributed by atoms with Gasteiger partial charge < -0.3 is 10.0 Å². The highest BCUT2D eigenvalue weighted by Gasteiger charge is 2.35. The monoisotopic (exact) mass is 379 g/mol. The SMILES string of the molecule is O=C(c1c(F)cccc1Br)N(CCO)C1CCS(=O)(=O)C1. The number of hydrogen-bond acceptors (Lipinski definition) is 4. The molecule has 2 rings (SSSR count). The van der Waals surface area contributed by atoms with Crippen LogP contribution >= 0.6 is 15.9 Å². The summed E-state index contributed by atoms with van der Waals surface area (Å²) in [4.78, 5) is 13.8. The Labute approximate surface area is 130 Å². The van der Waals surface area contributed by atoms with Gasteiger partial charge in [-0.05, 0) is 34.5 Å². The fourth-order valence-corrected chi connectivity index (χ4v) is 4.67. The lowest BCUT2D eigenvalue weighted by Gasteiger charge is -2.28. The molecule has 0 spiro atoms. The molecule has 1 aromatic rings. The van der Waals surface area contributed by atoms with Gasteiger partial charge in [0, 0.05) is 17.1 Å². The van der Waals surface area contributed by atoms with Crippen molar-refractivity contribution in [2.24, 2.45) is 0 Å². The topological polar surface area (TPSA) is 74.7 Å². The lowest BCUT2D eigenvalue weighted by atomic mass is 10.1. The molecule has 8 heteroatoms. The van der Waals surface area contributed by atoms with E-state index in [1.165, 1.54) is 17.0 Å². The number of nitrogens with zero attached hydrogens (tertiary/aromatic N) is 1. The fraction of sp³-hybridized carbons (Fsp3) is 0.462. The van der Waals surface area contributed by atoms with E-state index in [0.29, 0.717) is 10.9 Å². The van der Waals surface area contributed by atoms with E-state index in [4.69, 9.17) is 5.11 Å². The van der Waals surface area contributed by atoms with Crippen LogP contribution in [-0.4, -0.2) is 55.0 Å². The largest absolute Gasteiger partial charge is 0.395 e. The van der Waals surface area contributed by atoms with Crippen molar-refractivity contribution < 1.29 is 22.7 Å². The molecule has 5 nitrogen and oxygen atoms in total. The Kier molecular flexibility index (Phi) is 5.00. The average Bonchev–Trinajstić information content (AvgIpc) is 2.75. The summed E-state index contributed by atoms with van der Waals surface area (Å²) in [7, 11) is -3.18. The summed E-state index contributed by atoms with van der Waals surface area (Å²) < 4.78 is 37.3. The molecule has 1 N–H and O–H groups in total. The summed E-state index contributed by atoms with van der Waals surface area (Å²) in [5.41, 5.74) is -0.143. The molecule has 1 aromatic carbocycles. The van der Waals surface area contributed by atoms with Crippen LogP contribution in [0.3, 0.4) is 0 Å². The van der Waals surface area contributed by atoms with Gasteiger partial charge in [0.1, 0.15) is 5.82 Å². The first-order chi connectivity index (χ1) is 9.85. The predicted octanol–water partition coefficient (Wildman–Crippen LogP) is 1.21. The average molecular weight is 380 g/mol. The predicted molar refractivity (Wildman–Crippen MR) is 79.3 cm³/mol. The van der Waals surface area contributed by atoms with Gasteiger partial charge in [-0.15, -0.1) is 0 Å². The Morgan fingerprint density at radius 1 is 1.48 bits per heavy atom. The standard InChI is InChI=1S/C13H15BrFNO4S/c14-10-2-1-3-11(15)12(10)13(18)16(5-6-17)9-4-7-21(19,20)8-9/h1-3,9,17H,4-8H2. The van der Waals surface area contributed by atoms with Gasteiger partial charge in [0.15, 0.2) is 9.84 Å². The van der Waals surface area contributed by atoms with E-state index in [9.17, 15) is 17.6 Å². The molecule has 116 valence electrons. The number of benzene rings is 1. The second kappa shape index (κ2) is 6.41. The van der Waals surface area contributed by atoms with Crippen LogP contribution < -0.4 is 0 Å². The van der Waals surface area contributed by atoms with Crippen molar-refractivity contribution in [3.63, 3.8) is 0 Å². The summed E-state index contributed by atoms with van der Waals surface area (Å²) >= 11 is 3.13. The first kappa shape index (κ1) is 16.4. The minimum absolute atomic E-state index is 0.00527. The molecule has 1 amide bonds. The molecular formula is C13H15BrFNO4S. The number of aliphatic hydroxyl groups excluding tert-OH is 1. The Balaban J connectivity index is 2.32. The highest BCUT2D eigenvalue weighted by atomic mass is 79.9. The van der Waals surface area contributed by atoms with E-state index in [-0.39, 0.29) is 30.2 Å². The summed E-state index contributed by atoms with van der Waals surface area (Å²) in [5, 5.41) is 9.11. The van der Waals surface area contributed by atoms with E-state index in [0.717, 1.165) is 0 Å². The maximum absolute atomic E-state index is 13.9. The Morgan fingerprint density at radius 2 is 2.19 bits per heavy atom. The van der Waals surface area contributed by atoms with Gasteiger partial charge in [-0.3, -0.25) is 4.79 Å². The molecule has 1 heterocycles. The summed E-state index contributed by atoms with van der Waals surface area (Å²) in [6, 6.07) is 3.65. The Bertz CT molecular complexity index is 629. The summed E-state index contributed by atoms with van der Waals surface area (Å²) in [6.07, 6.45) is 0.306. The smallest absolute Gasteiger partial charge is 0.258 e. The van der Waals surface area contributed by atoms with Gasteiger partial charge in [-0.2, -0.15) is 0 Å². The molecule has 1 atom stereocenters. The molecule has 0 bridgehead atoms. The van der Waals surface area contributed by atoms with Crippen LogP contribution in [0.1, 0.15) is 16.8 Å². The maximum atomic E-state index is 13.9. The number of amides is 1. The van der Waals surface area contributed by atoms with E-state index < -0.39 is 27.6 Å². The molecular weight excluding hydrogens is 365 g/mol. The Hall–Kier alpha value is -0.990. The lowest BCUT2D eigenvalue weighted by molar-refractivity contribution is 0.0649. The van der Waals surface area contributed by atoms with Gasteiger partial charge in [0.2, 0.25) is 0 Å². The van der Waals surface area contributed by atoms with Crippen molar-refractivity contribution in [2.45, 2.75) is 12.5 Å². The molecule has 0 saturated carbocycles. The van der Waals surface area contributed by atoms with Crippen molar-refractivity contribution in [1.82, 2.24) is 4.90 Å². The molecule has 0 aromatic heterocycles. The van der Waals surface area contributed by atoms with E-state index in [2.05, 4.69) is 15.9 Å². The van der Waals surface area contributed by atoms with Crippen LogP contribution in [0.25, 0.3) is 0 Å². The normalized spacial score (nSPS) is 20.4. The van der Waals surface area contributed by atoms with Crippen LogP contribution in [-0.2, 0) is 9.84 Å².